The fraction of sp³-hybridized carbons (Fsp3) is 0.300. The molecule has 1 fully saturated rings. The third-order valence-electron chi connectivity index (χ3n) is 5.02. The fourth-order valence-corrected chi connectivity index (χ4v) is 4.67. The van der Waals surface area contributed by atoms with Gasteiger partial charge in [-0.3, -0.25) is 4.79 Å². The molecule has 0 aliphatic carbocycles. The molecule has 26 heavy (non-hydrogen) atoms. The van der Waals surface area contributed by atoms with Crippen molar-refractivity contribution in [3.63, 3.8) is 0 Å². The third-order valence-corrected chi connectivity index (χ3v) is 6.13. The van der Waals surface area contributed by atoms with Gasteiger partial charge in [-0.25, -0.2) is 4.98 Å². The van der Waals surface area contributed by atoms with Crippen LogP contribution in [0.25, 0.3) is 10.2 Å². The van der Waals surface area contributed by atoms with E-state index in [4.69, 9.17) is 16.5 Å². The molecule has 3 aromatic rings. The van der Waals surface area contributed by atoms with Crippen molar-refractivity contribution in [3.8, 4) is 0 Å². The van der Waals surface area contributed by atoms with Crippen LogP contribution in [-0.4, -0.2) is 24.0 Å². The Balaban J connectivity index is 1.75. The second-order valence-corrected chi connectivity index (χ2v) is 7.77. The molecule has 1 saturated heterocycles. The molecule has 1 atom stereocenters. The zero-order valence-electron chi connectivity index (χ0n) is 14.5. The van der Waals surface area contributed by atoms with Gasteiger partial charge in [-0.2, -0.15) is 0 Å². The van der Waals surface area contributed by atoms with Gasteiger partial charge in [0.25, 0.3) is 5.91 Å². The van der Waals surface area contributed by atoms with Crippen LogP contribution >= 0.6 is 11.3 Å². The van der Waals surface area contributed by atoms with Gasteiger partial charge in [0, 0.05) is 17.6 Å². The highest BCUT2D eigenvalue weighted by Crippen LogP contribution is 2.39. The summed E-state index contributed by atoms with van der Waals surface area (Å²) < 4.78 is 0. The molecule has 2 aromatic heterocycles. The summed E-state index contributed by atoms with van der Waals surface area (Å²) >= 11 is 1.31. The molecular weight excluding hydrogens is 344 g/mol. The highest BCUT2D eigenvalue weighted by Gasteiger charge is 2.25. The first kappa shape index (κ1) is 17.0. The van der Waals surface area contributed by atoms with Crippen LogP contribution in [0, 0.1) is 0 Å². The van der Waals surface area contributed by atoms with Crippen molar-refractivity contribution in [2.45, 2.75) is 25.2 Å². The summed E-state index contributed by atoms with van der Waals surface area (Å²) in [5.74, 6) is -0.0829. The lowest BCUT2D eigenvalue weighted by atomic mass is 9.94. The number of benzene rings is 1. The number of rotatable bonds is 5. The Labute approximate surface area is 156 Å². The van der Waals surface area contributed by atoms with Gasteiger partial charge in [-0.05, 0) is 48.9 Å². The van der Waals surface area contributed by atoms with Crippen molar-refractivity contribution in [2.75, 3.05) is 18.8 Å². The van der Waals surface area contributed by atoms with E-state index in [1.54, 1.807) is 0 Å². The quantitative estimate of drug-likeness (QED) is 0.647. The lowest BCUT2D eigenvalue weighted by Crippen LogP contribution is -2.11. The van der Waals surface area contributed by atoms with E-state index < -0.39 is 5.91 Å². The molecule has 5 N–H and O–H groups in total. The van der Waals surface area contributed by atoms with E-state index in [2.05, 4.69) is 35.6 Å². The number of nitrogens with zero attached hydrogens (tertiary/aromatic N) is 1. The minimum Gasteiger partial charge on any atom is -0.397 e. The second kappa shape index (κ2) is 7.05. The van der Waals surface area contributed by atoms with Crippen LogP contribution in [0.5, 0.6) is 0 Å². The minimum absolute atomic E-state index is 0.397. The first-order valence-electron chi connectivity index (χ1n) is 8.89. The highest BCUT2D eigenvalue weighted by atomic mass is 32.1. The Hall–Kier alpha value is -2.44. The Morgan fingerprint density at radius 3 is 2.77 bits per heavy atom. The molecule has 1 aliphatic heterocycles. The number of nitrogens with one attached hydrogen (secondary N) is 1. The molecule has 0 bridgehead atoms. The molecule has 134 valence electrons. The number of anilines is 1. The van der Waals surface area contributed by atoms with E-state index in [9.17, 15) is 4.79 Å². The standard InChI is InChI=1S/C20H22N4OS/c21-17-16-15(13-8-9-23-11-13)10-14(7-6-12-4-2-1-3-5-12)24-20(16)26-18(17)19(22)25/h1-5,10,13,23H,6-9,11,21H2,(H2,22,25). The number of carbonyl (C=O) groups excluding carboxylic acids is 1. The highest BCUT2D eigenvalue weighted by molar-refractivity contribution is 7.21. The zero-order valence-corrected chi connectivity index (χ0v) is 15.3. The zero-order chi connectivity index (χ0) is 18.1. The van der Waals surface area contributed by atoms with Gasteiger partial charge in [0.05, 0.1) is 5.69 Å². The summed E-state index contributed by atoms with van der Waals surface area (Å²) in [6.45, 7) is 1.93. The van der Waals surface area contributed by atoms with Gasteiger partial charge >= 0.3 is 0 Å². The predicted octanol–water partition coefficient (Wildman–Crippen LogP) is 2.84. The number of aryl methyl sites for hydroxylation is 2. The monoisotopic (exact) mass is 366 g/mol. The lowest BCUT2D eigenvalue weighted by Gasteiger charge is -2.13. The number of hydrogen-bond donors (Lipinski definition) is 3. The Morgan fingerprint density at radius 2 is 2.08 bits per heavy atom. The predicted molar refractivity (Wildman–Crippen MR) is 107 cm³/mol. The lowest BCUT2D eigenvalue weighted by molar-refractivity contribution is 0.100. The first-order valence-corrected chi connectivity index (χ1v) is 9.71. The molecule has 0 spiro atoms. The van der Waals surface area contributed by atoms with E-state index in [0.29, 0.717) is 16.5 Å². The molecule has 0 radical (unpaired) electrons. The molecule has 1 amide bonds. The molecule has 5 nitrogen and oxygen atoms in total. The van der Waals surface area contributed by atoms with Crippen molar-refractivity contribution >= 4 is 33.1 Å². The summed E-state index contributed by atoms with van der Waals surface area (Å²) in [5, 5.41) is 4.33. The van der Waals surface area contributed by atoms with E-state index in [0.717, 1.165) is 48.3 Å². The molecule has 1 aromatic carbocycles. The fourth-order valence-electron chi connectivity index (χ4n) is 3.67. The molecule has 1 aliphatic rings. The molecule has 0 saturated carbocycles. The van der Waals surface area contributed by atoms with Crippen LogP contribution in [-0.2, 0) is 12.8 Å². The van der Waals surface area contributed by atoms with Gasteiger partial charge in [0.1, 0.15) is 9.71 Å². The molecule has 3 heterocycles. The van der Waals surface area contributed by atoms with Crippen LogP contribution in [0.1, 0.15) is 38.8 Å². The number of fused-ring (bicyclic) bond motifs is 1. The topological polar surface area (TPSA) is 94.0 Å². The number of nitrogens with two attached hydrogens (primary N) is 2. The number of hydrogen-bond acceptors (Lipinski definition) is 5. The van der Waals surface area contributed by atoms with Gasteiger partial charge in [-0.15, -0.1) is 11.3 Å². The molecule has 1 unspecified atom stereocenters. The number of aromatic nitrogens is 1. The number of primary amides is 1. The number of nitrogen functional groups attached to an aromatic ring is 1. The van der Waals surface area contributed by atoms with E-state index in [-0.39, 0.29) is 0 Å². The SMILES string of the molecule is NC(=O)c1sc2nc(CCc3ccccc3)cc(C3CCNC3)c2c1N. The van der Waals surface area contributed by atoms with E-state index in [1.807, 2.05) is 6.07 Å². The second-order valence-electron chi connectivity index (χ2n) is 6.77. The molecule has 4 rings (SSSR count). The van der Waals surface area contributed by atoms with Crippen molar-refractivity contribution in [1.29, 1.82) is 0 Å². The summed E-state index contributed by atoms with van der Waals surface area (Å²) in [6, 6.07) is 12.6. The maximum absolute atomic E-state index is 11.7. The van der Waals surface area contributed by atoms with E-state index >= 15 is 0 Å². The summed E-state index contributed by atoms with van der Waals surface area (Å²) in [4.78, 5) is 17.8. The number of pyridine rings is 1. The number of thiophene rings is 1. The van der Waals surface area contributed by atoms with Gasteiger partial charge < -0.3 is 16.8 Å². The average Bonchev–Trinajstić information content (AvgIpc) is 3.29. The van der Waals surface area contributed by atoms with Crippen molar-refractivity contribution in [3.05, 3.63) is 58.1 Å². The normalized spacial score (nSPS) is 17.0. The van der Waals surface area contributed by atoms with Crippen LogP contribution in [0.15, 0.2) is 36.4 Å². The van der Waals surface area contributed by atoms with Crippen molar-refractivity contribution < 1.29 is 4.79 Å². The van der Waals surface area contributed by atoms with Gasteiger partial charge in [-0.1, -0.05) is 30.3 Å². The first-order chi connectivity index (χ1) is 12.6. The summed E-state index contributed by atoms with van der Waals surface area (Å²) in [6.07, 6.45) is 2.86. The molecule has 6 heteroatoms. The van der Waals surface area contributed by atoms with Crippen LogP contribution in [0.2, 0.25) is 0 Å². The number of amides is 1. The van der Waals surface area contributed by atoms with Crippen molar-refractivity contribution in [2.24, 2.45) is 5.73 Å². The third kappa shape index (κ3) is 3.18. The average molecular weight is 366 g/mol. The van der Waals surface area contributed by atoms with Crippen LogP contribution in [0.4, 0.5) is 5.69 Å². The minimum atomic E-state index is -0.480. The van der Waals surface area contributed by atoms with Crippen molar-refractivity contribution in [1.82, 2.24) is 10.3 Å². The van der Waals surface area contributed by atoms with Crippen LogP contribution in [0.3, 0.4) is 0 Å². The maximum Gasteiger partial charge on any atom is 0.260 e. The Morgan fingerprint density at radius 1 is 1.27 bits per heavy atom. The largest absolute Gasteiger partial charge is 0.397 e. The Kier molecular flexibility index (Phi) is 4.61. The van der Waals surface area contributed by atoms with Gasteiger partial charge in [0.2, 0.25) is 0 Å². The summed E-state index contributed by atoms with van der Waals surface area (Å²) in [7, 11) is 0. The number of carbonyl (C=O) groups is 1. The smallest absolute Gasteiger partial charge is 0.260 e. The van der Waals surface area contributed by atoms with E-state index in [1.165, 1.54) is 22.5 Å². The maximum atomic E-state index is 11.7. The summed E-state index contributed by atoms with van der Waals surface area (Å²) in [5.41, 5.74) is 15.8. The molecular formula is C20H22N4OS. The Bertz CT molecular complexity index is 945. The van der Waals surface area contributed by atoms with Crippen LogP contribution < -0.4 is 16.8 Å². The van der Waals surface area contributed by atoms with Gasteiger partial charge in [0.15, 0.2) is 0 Å².